The van der Waals surface area contributed by atoms with Crippen LogP contribution in [0.25, 0.3) is 0 Å². The maximum atomic E-state index is 6.75. The second-order valence-electron chi connectivity index (χ2n) is 7.81. The molecule has 148 valence electrons. The summed E-state index contributed by atoms with van der Waals surface area (Å²) in [7, 11) is 4.33. The molecule has 1 aromatic carbocycles. The topological polar surface area (TPSA) is 51.3 Å². The van der Waals surface area contributed by atoms with Crippen LogP contribution in [0, 0.1) is 6.92 Å². The van der Waals surface area contributed by atoms with Crippen molar-refractivity contribution in [3.63, 3.8) is 0 Å². The first kappa shape index (κ1) is 19.9. The number of aliphatic imine (C=N–C) groups is 1. The number of nitrogens with zero attached hydrogens (tertiary/aromatic N) is 5. The van der Waals surface area contributed by atoms with Gasteiger partial charge in [-0.3, -0.25) is 0 Å². The number of piperazine rings is 2. The molecule has 2 aliphatic rings. The molecule has 27 heavy (non-hydrogen) atoms. The average molecular weight is 371 g/mol. The first-order valence-electron chi connectivity index (χ1n) is 9.91. The lowest BCUT2D eigenvalue weighted by Crippen LogP contribution is -2.55. The number of para-hydroxylation sites is 1. The van der Waals surface area contributed by atoms with Gasteiger partial charge in [-0.25, -0.2) is 4.99 Å². The highest BCUT2D eigenvalue weighted by molar-refractivity contribution is 5.92. The molecule has 2 fully saturated rings. The number of likely N-dealkylation sites (N-methyl/N-ethyl adjacent to an activating group) is 2. The number of benzene rings is 1. The van der Waals surface area contributed by atoms with Gasteiger partial charge in [-0.05, 0) is 32.6 Å². The van der Waals surface area contributed by atoms with Gasteiger partial charge in [-0.2, -0.15) is 0 Å². The Labute approximate surface area is 163 Å². The van der Waals surface area contributed by atoms with Crippen LogP contribution in [0.4, 0.5) is 5.69 Å². The number of nitrogens with two attached hydrogens (primary N) is 1. The third-order valence-corrected chi connectivity index (χ3v) is 5.72. The minimum absolute atomic E-state index is 0.281. The van der Waals surface area contributed by atoms with E-state index in [-0.39, 0.29) is 6.04 Å². The summed E-state index contributed by atoms with van der Waals surface area (Å²) in [5.41, 5.74) is 9.89. The number of aryl methyl sites for hydroxylation is 1. The second-order valence-corrected chi connectivity index (χ2v) is 7.81. The molecule has 0 spiro atoms. The first-order chi connectivity index (χ1) is 13.0. The summed E-state index contributed by atoms with van der Waals surface area (Å²) in [6, 6.07) is 7.97. The molecule has 6 heteroatoms. The maximum absolute atomic E-state index is 6.75. The number of hydrogen-bond donors (Lipinski definition) is 1. The van der Waals surface area contributed by atoms with E-state index in [1.54, 1.807) is 0 Å². The maximum Gasteiger partial charge on any atom is 0.128 e. The highest BCUT2D eigenvalue weighted by atomic mass is 15.3. The third kappa shape index (κ3) is 4.89. The Morgan fingerprint density at radius 3 is 2.00 bits per heavy atom. The lowest BCUT2D eigenvalue weighted by molar-refractivity contribution is 0.180. The smallest absolute Gasteiger partial charge is 0.128 e. The Bertz CT molecular complexity index is 669. The van der Waals surface area contributed by atoms with E-state index in [1.807, 2.05) is 12.1 Å². The van der Waals surface area contributed by atoms with Crippen molar-refractivity contribution in [1.29, 1.82) is 0 Å². The van der Waals surface area contributed by atoms with Gasteiger partial charge < -0.3 is 25.3 Å². The Kier molecular flexibility index (Phi) is 6.52. The molecule has 2 N–H and O–H groups in total. The second kappa shape index (κ2) is 8.87. The van der Waals surface area contributed by atoms with Gasteiger partial charge in [-0.1, -0.05) is 24.8 Å². The van der Waals surface area contributed by atoms with Crippen molar-refractivity contribution >= 4 is 11.5 Å². The molecule has 0 aliphatic carbocycles. The zero-order chi connectivity index (χ0) is 19.4. The van der Waals surface area contributed by atoms with Gasteiger partial charge in [0.25, 0.3) is 0 Å². The summed E-state index contributed by atoms with van der Waals surface area (Å²) in [4.78, 5) is 14.4. The molecular weight excluding hydrogens is 336 g/mol. The summed E-state index contributed by atoms with van der Waals surface area (Å²) in [5, 5.41) is 0. The molecule has 1 atom stereocenters. The van der Waals surface area contributed by atoms with Crippen molar-refractivity contribution in [1.82, 2.24) is 19.6 Å². The standard InChI is InChI=1S/C21H34N6/c1-17-7-5-6-8-19(17)23-21(27-15-11-25(4)12-16-27)20(22)18(2)26-13-9-24(3)10-14-26/h5-8,20H,2,9-16,22H2,1,3-4H3. The zero-order valence-electron chi connectivity index (χ0n) is 17.1. The molecule has 0 aromatic heterocycles. The van der Waals surface area contributed by atoms with Crippen molar-refractivity contribution in [2.45, 2.75) is 13.0 Å². The van der Waals surface area contributed by atoms with Crippen molar-refractivity contribution in [2.24, 2.45) is 10.7 Å². The van der Waals surface area contributed by atoms with Crippen LogP contribution in [0.3, 0.4) is 0 Å². The fraction of sp³-hybridized carbons (Fsp3) is 0.571. The van der Waals surface area contributed by atoms with E-state index in [2.05, 4.69) is 59.3 Å². The summed E-state index contributed by atoms with van der Waals surface area (Å²) >= 11 is 0. The Balaban J connectivity index is 1.84. The molecule has 0 bridgehead atoms. The van der Waals surface area contributed by atoms with Crippen LogP contribution < -0.4 is 5.73 Å². The molecule has 0 saturated carbocycles. The molecule has 2 heterocycles. The largest absolute Gasteiger partial charge is 0.371 e. The predicted octanol–water partition coefficient (Wildman–Crippen LogP) is 1.36. The van der Waals surface area contributed by atoms with Gasteiger partial charge in [0.15, 0.2) is 0 Å². The van der Waals surface area contributed by atoms with E-state index in [4.69, 9.17) is 10.7 Å². The van der Waals surface area contributed by atoms with E-state index in [1.165, 1.54) is 5.56 Å². The zero-order valence-corrected chi connectivity index (χ0v) is 17.1. The van der Waals surface area contributed by atoms with E-state index in [9.17, 15) is 0 Å². The van der Waals surface area contributed by atoms with Crippen LogP contribution in [0.2, 0.25) is 0 Å². The average Bonchev–Trinajstić information content (AvgIpc) is 2.68. The number of rotatable bonds is 4. The van der Waals surface area contributed by atoms with Gasteiger partial charge in [0.2, 0.25) is 0 Å². The molecule has 0 radical (unpaired) electrons. The van der Waals surface area contributed by atoms with Crippen LogP contribution >= 0.6 is 0 Å². The Morgan fingerprint density at radius 2 is 1.44 bits per heavy atom. The van der Waals surface area contributed by atoms with Gasteiger partial charge in [0.1, 0.15) is 11.9 Å². The van der Waals surface area contributed by atoms with Crippen molar-refractivity contribution in [3.8, 4) is 0 Å². The summed E-state index contributed by atoms with van der Waals surface area (Å²) < 4.78 is 0. The summed E-state index contributed by atoms with van der Waals surface area (Å²) in [6.07, 6.45) is 0. The molecule has 1 unspecified atom stereocenters. The van der Waals surface area contributed by atoms with Crippen molar-refractivity contribution in [3.05, 3.63) is 42.1 Å². The molecule has 2 saturated heterocycles. The van der Waals surface area contributed by atoms with Crippen LogP contribution in [0.15, 0.2) is 41.5 Å². The van der Waals surface area contributed by atoms with Gasteiger partial charge in [0, 0.05) is 58.1 Å². The lowest BCUT2D eigenvalue weighted by Gasteiger charge is -2.40. The van der Waals surface area contributed by atoms with Gasteiger partial charge in [0.05, 0.1) is 5.69 Å². The molecule has 6 nitrogen and oxygen atoms in total. The monoisotopic (exact) mass is 370 g/mol. The third-order valence-electron chi connectivity index (χ3n) is 5.72. The summed E-state index contributed by atoms with van der Waals surface area (Å²) in [6.45, 7) is 14.5. The van der Waals surface area contributed by atoms with E-state index in [0.717, 1.165) is 69.6 Å². The van der Waals surface area contributed by atoms with Crippen LogP contribution in [-0.4, -0.2) is 97.9 Å². The molecule has 0 amide bonds. The summed E-state index contributed by atoms with van der Waals surface area (Å²) in [5.74, 6) is 0.946. The van der Waals surface area contributed by atoms with Crippen molar-refractivity contribution in [2.75, 3.05) is 66.5 Å². The normalized spacial score (nSPS) is 21.4. The van der Waals surface area contributed by atoms with E-state index < -0.39 is 0 Å². The predicted molar refractivity (Wildman–Crippen MR) is 114 cm³/mol. The molecular formula is C21H34N6. The highest BCUT2D eigenvalue weighted by Gasteiger charge is 2.28. The van der Waals surface area contributed by atoms with Gasteiger partial charge in [-0.15, -0.1) is 0 Å². The Hall–Kier alpha value is -1.89. The quantitative estimate of drug-likeness (QED) is 0.641. The number of hydrogen-bond acceptors (Lipinski definition) is 5. The lowest BCUT2D eigenvalue weighted by atomic mass is 10.1. The first-order valence-corrected chi connectivity index (χ1v) is 9.91. The van der Waals surface area contributed by atoms with Crippen LogP contribution in [0.5, 0.6) is 0 Å². The van der Waals surface area contributed by atoms with Crippen LogP contribution in [-0.2, 0) is 0 Å². The molecule has 3 rings (SSSR count). The van der Waals surface area contributed by atoms with E-state index >= 15 is 0 Å². The molecule has 2 aliphatic heterocycles. The van der Waals surface area contributed by atoms with E-state index in [0.29, 0.717) is 0 Å². The van der Waals surface area contributed by atoms with Crippen LogP contribution in [0.1, 0.15) is 5.56 Å². The van der Waals surface area contributed by atoms with Crippen molar-refractivity contribution < 1.29 is 0 Å². The fourth-order valence-electron chi connectivity index (χ4n) is 3.62. The highest BCUT2D eigenvalue weighted by Crippen LogP contribution is 2.21. The minimum Gasteiger partial charge on any atom is -0.371 e. The fourth-order valence-corrected chi connectivity index (χ4v) is 3.62. The van der Waals surface area contributed by atoms with Gasteiger partial charge >= 0.3 is 0 Å². The SMILES string of the molecule is C=C(C(N)C(=Nc1ccccc1C)N1CCN(C)CC1)N1CCN(C)CC1. The minimum atomic E-state index is -0.281. The number of amidine groups is 1. The Morgan fingerprint density at radius 1 is 0.926 bits per heavy atom. The molecule has 1 aromatic rings.